The Balaban J connectivity index is 3.21. The molecule has 1 rings (SSSR count). The molecule has 60 heavy (non-hydrogen) atoms. The van der Waals surface area contributed by atoms with Crippen LogP contribution in [0.25, 0.3) is 0 Å². The van der Waals surface area contributed by atoms with Gasteiger partial charge in [0.1, 0.15) is 42.0 Å². The smallest absolute Gasteiger partial charge is 0.245 e. The number of rotatable bonds is 28. The lowest BCUT2D eigenvalue weighted by atomic mass is 10.0. The zero-order chi connectivity index (χ0) is 45.5. The van der Waals surface area contributed by atoms with Gasteiger partial charge in [-0.3, -0.25) is 38.4 Å². The highest BCUT2D eigenvalue weighted by atomic mass is 16.3. The molecule has 0 saturated carbocycles. The van der Waals surface area contributed by atoms with E-state index in [-0.39, 0.29) is 56.4 Å². The number of carbonyl (C=O) groups excluding carboxylic acids is 8. The van der Waals surface area contributed by atoms with Gasteiger partial charge in [-0.15, -0.1) is 0 Å². The molecule has 1 aromatic rings. The van der Waals surface area contributed by atoms with Crippen LogP contribution in [0.4, 0.5) is 0 Å². The Morgan fingerprint density at radius 3 is 1.62 bits per heavy atom. The lowest BCUT2D eigenvalue weighted by Gasteiger charge is -2.28. The summed E-state index contributed by atoms with van der Waals surface area (Å²) in [6, 6.07) is -1.76. The lowest BCUT2D eigenvalue weighted by Crippen LogP contribution is -2.59. The molecule has 338 valence electrons. The van der Waals surface area contributed by atoms with Crippen LogP contribution >= 0.6 is 0 Å². The average molecular weight is 851 g/mol. The van der Waals surface area contributed by atoms with Crippen LogP contribution in [0, 0.1) is 11.8 Å². The van der Waals surface area contributed by atoms with Crippen molar-refractivity contribution in [2.45, 2.75) is 102 Å². The van der Waals surface area contributed by atoms with Crippen molar-refractivity contribution in [1.82, 2.24) is 42.1 Å². The molecule has 0 radical (unpaired) electrons. The summed E-state index contributed by atoms with van der Waals surface area (Å²) in [5.74, 6) is -6.34. The predicted octanol–water partition coefficient (Wildman–Crippen LogP) is -3.79. The molecule has 0 aromatic heterocycles. The van der Waals surface area contributed by atoms with Crippen molar-refractivity contribution in [3.05, 3.63) is 29.8 Å². The second-order valence-electron chi connectivity index (χ2n) is 15.4. The van der Waals surface area contributed by atoms with Gasteiger partial charge in [-0.05, 0) is 75.2 Å². The van der Waals surface area contributed by atoms with Crippen LogP contribution in [0.5, 0.6) is 5.75 Å². The van der Waals surface area contributed by atoms with E-state index < -0.39 is 103 Å². The fraction of sp³-hybridized carbons (Fsp3) is 0.641. The Morgan fingerprint density at radius 2 is 1.12 bits per heavy atom. The zero-order valence-electron chi connectivity index (χ0n) is 35.4. The van der Waals surface area contributed by atoms with E-state index in [9.17, 15) is 53.7 Å². The molecule has 14 N–H and O–H groups in total. The number of nitrogens with one attached hydrogen (secondary N) is 7. The number of benzene rings is 1. The van der Waals surface area contributed by atoms with Crippen molar-refractivity contribution >= 4 is 47.3 Å². The maximum absolute atomic E-state index is 13.8. The molecule has 0 heterocycles. The van der Waals surface area contributed by atoms with Crippen molar-refractivity contribution < 1.29 is 53.7 Å². The van der Waals surface area contributed by atoms with E-state index in [2.05, 4.69) is 37.2 Å². The van der Waals surface area contributed by atoms with Gasteiger partial charge in [0.2, 0.25) is 47.3 Å². The van der Waals surface area contributed by atoms with Gasteiger partial charge in [-0.1, -0.05) is 39.8 Å². The number of aliphatic hydroxyl groups is 2. The molecule has 1 aromatic carbocycles. The first-order valence-corrected chi connectivity index (χ1v) is 19.9. The summed E-state index contributed by atoms with van der Waals surface area (Å²) in [6.07, 6.45) is 1.22. The monoisotopic (exact) mass is 850 g/mol. The molecular weight excluding hydrogens is 784 g/mol. The standard InChI is InChI=1S/C39H66N10O11/c1-22(2)15-27(43-32(53)18-42-5)36(57)47-29(17-24-10-12-25(52)13-11-24)39(60)49(6)19-33(54)44-31(21-51)38(59)45-26(9-7-8-14-40)35(56)46-28(16-23(3)4)37(58)48-30(20-50)34(41)55/h10-13,22-23,26-31,42,50-52H,7-9,14-21,40H2,1-6H3,(H2,41,55)(H,43,53)(H,44,54)(H,45,59)(H,46,56)(H,47,57)(H,48,58)/t26-,27-,28-,29-,30-,31-/m0/s1. The number of primary amides is 1. The number of carbonyl (C=O) groups is 8. The number of hydrogen-bond acceptors (Lipinski definition) is 13. The number of likely N-dealkylation sites (N-methyl/N-ethyl adjacent to an activating group) is 2. The second kappa shape index (κ2) is 27.4. The fourth-order valence-electron chi connectivity index (χ4n) is 5.93. The Bertz CT molecular complexity index is 1580. The van der Waals surface area contributed by atoms with Gasteiger partial charge in [0.05, 0.1) is 26.3 Å². The molecule has 0 aliphatic heterocycles. The first-order chi connectivity index (χ1) is 28.3. The van der Waals surface area contributed by atoms with Gasteiger partial charge >= 0.3 is 0 Å². The third-order valence-corrected chi connectivity index (χ3v) is 9.04. The highest BCUT2D eigenvalue weighted by Crippen LogP contribution is 2.14. The van der Waals surface area contributed by atoms with Gasteiger partial charge in [-0.25, -0.2) is 0 Å². The number of unbranched alkanes of at least 4 members (excludes halogenated alkanes) is 1. The second-order valence-corrected chi connectivity index (χ2v) is 15.4. The number of phenols is 1. The Kier molecular flexibility index (Phi) is 24.0. The van der Waals surface area contributed by atoms with Crippen LogP contribution in [0.15, 0.2) is 24.3 Å². The number of aliphatic hydroxyl groups excluding tert-OH is 2. The first-order valence-electron chi connectivity index (χ1n) is 19.9. The molecule has 0 aliphatic rings. The molecule has 6 atom stereocenters. The number of amides is 8. The van der Waals surface area contributed by atoms with Gasteiger partial charge in [0.25, 0.3) is 0 Å². The third kappa shape index (κ3) is 19.6. The Labute approximate surface area is 350 Å². The van der Waals surface area contributed by atoms with Gasteiger partial charge in [-0.2, -0.15) is 0 Å². The van der Waals surface area contributed by atoms with E-state index in [1.54, 1.807) is 33.0 Å². The van der Waals surface area contributed by atoms with Crippen molar-refractivity contribution in [3.63, 3.8) is 0 Å². The number of hydrogen-bond donors (Lipinski definition) is 12. The first kappa shape index (κ1) is 52.6. The summed E-state index contributed by atoms with van der Waals surface area (Å²) in [6.45, 7) is 5.22. The van der Waals surface area contributed by atoms with Gasteiger partial charge < -0.3 is 68.9 Å². The van der Waals surface area contributed by atoms with E-state index >= 15 is 0 Å². The topological polar surface area (TPSA) is 337 Å². The molecule has 0 aliphatic carbocycles. The van der Waals surface area contributed by atoms with Crippen LogP contribution in [-0.4, -0.2) is 151 Å². The number of aromatic hydroxyl groups is 1. The van der Waals surface area contributed by atoms with E-state index in [0.717, 1.165) is 4.90 Å². The molecular formula is C39H66N10O11. The molecule has 8 amide bonds. The Hall–Kier alpha value is -5.38. The summed E-state index contributed by atoms with van der Waals surface area (Å²) in [4.78, 5) is 106. The van der Waals surface area contributed by atoms with Crippen LogP contribution in [0.2, 0.25) is 0 Å². The summed E-state index contributed by atoms with van der Waals surface area (Å²) in [7, 11) is 2.87. The average Bonchev–Trinajstić information content (AvgIpc) is 3.17. The maximum Gasteiger partial charge on any atom is 0.245 e. The van der Waals surface area contributed by atoms with E-state index in [1.807, 2.05) is 13.8 Å². The summed E-state index contributed by atoms with van der Waals surface area (Å²) in [5.41, 5.74) is 11.4. The largest absolute Gasteiger partial charge is 0.508 e. The van der Waals surface area contributed by atoms with Gasteiger partial charge in [0, 0.05) is 13.5 Å². The van der Waals surface area contributed by atoms with E-state index in [4.69, 9.17) is 11.5 Å². The quantitative estimate of drug-likeness (QED) is 0.0361. The van der Waals surface area contributed by atoms with Crippen LogP contribution < -0.4 is 48.7 Å². The Morgan fingerprint density at radius 1 is 0.650 bits per heavy atom. The van der Waals surface area contributed by atoms with Gasteiger partial charge in [0.15, 0.2) is 0 Å². The normalized spacial score (nSPS) is 14.1. The predicted molar refractivity (Wildman–Crippen MR) is 220 cm³/mol. The molecule has 21 nitrogen and oxygen atoms in total. The number of nitrogens with zero attached hydrogens (tertiary/aromatic N) is 1. The fourth-order valence-corrected chi connectivity index (χ4v) is 5.93. The number of phenolic OH excluding ortho intramolecular Hbond substituents is 1. The van der Waals surface area contributed by atoms with E-state index in [0.29, 0.717) is 18.4 Å². The molecule has 21 heteroatoms. The van der Waals surface area contributed by atoms with Crippen molar-refractivity contribution in [3.8, 4) is 5.75 Å². The molecule has 0 spiro atoms. The summed E-state index contributed by atoms with van der Waals surface area (Å²) in [5, 5.41) is 47.1. The van der Waals surface area contributed by atoms with E-state index in [1.165, 1.54) is 19.2 Å². The minimum absolute atomic E-state index is 0.0103. The third-order valence-electron chi connectivity index (χ3n) is 9.04. The minimum atomic E-state index is -1.59. The molecule has 0 saturated heterocycles. The van der Waals surface area contributed by atoms with Crippen molar-refractivity contribution in [2.24, 2.45) is 23.3 Å². The number of nitrogens with two attached hydrogens (primary N) is 2. The molecule has 0 unspecified atom stereocenters. The van der Waals surface area contributed by atoms with Crippen LogP contribution in [0.3, 0.4) is 0 Å². The minimum Gasteiger partial charge on any atom is -0.508 e. The van der Waals surface area contributed by atoms with Crippen molar-refractivity contribution in [2.75, 3.05) is 46.9 Å². The molecule has 0 bridgehead atoms. The molecule has 0 fully saturated rings. The lowest BCUT2D eigenvalue weighted by molar-refractivity contribution is -0.139. The van der Waals surface area contributed by atoms with Crippen LogP contribution in [-0.2, 0) is 44.8 Å². The highest BCUT2D eigenvalue weighted by Gasteiger charge is 2.33. The maximum atomic E-state index is 13.8. The van der Waals surface area contributed by atoms with Crippen molar-refractivity contribution in [1.29, 1.82) is 0 Å². The SMILES string of the molecule is CNCC(=O)N[C@@H](CC(C)C)C(=O)N[C@@H](Cc1ccc(O)cc1)C(=O)N(C)CC(=O)N[C@@H](CO)C(=O)N[C@@H](CCCCN)C(=O)N[C@@H](CC(C)C)C(=O)N[C@@H](CO)C(N)=O. The summed E-state index contributed by atoms with van der Waals surface area (Å²) < 4.78 is 0. The highest BCUT2D eigenvalue weighted by molar-refractivity contribution is 5.97. The zero-order valence-corrected chi connectivity index (χ0v) is 35.4. The summed E-state index contributed by atoms with van der Waals surface area (Å²) >= 11 is 0. The van der Waals surface area contributed by atoms with Crippen LogP contribution in [0.1, 0.15) is 65.4 Å².